The highest BCUT2D eigenvalue weighted by Gasteiger charge is 2.13. The Morgan fingerprint density at radius 3 is 2.69 bits per heavy atom. The van der Waals surface area contributed by atoms with E-state index in [-0.39, 0.29) is 5.75 Å². The molecule has 0 amide bonds. The van der Waals surface area contributed by atoms with Crippen LogP contribution in [0.15, 0.2) is 29.2 Å². The number of hydrogen-bond acceptors (Lipinski definition) is 3. The van der Waals surface area contributed by atoms with Crippen LogP contribution >= 0.6 is 0 Å². The number of nitrogens with zero attached hydrogens (tertiary/aromatic N) is 1. The predicted octanol–water partition coefficient (Wildman–Crippen LogP) is 2.46. The van der Waals surface area contributed by atoms with Gasteiger partial charge in [-0.25, -0.2) is 8.42 Å². The number of nitriles is 1. The SMILES string of the molecule is Cc1cccc(S(=O)(=O)CCCCC#N)c1. The molecule has 1 rings (SSSR count). The van der Waals surface area contributed by atoms with E-state index in [0.717, 1.165) is 5.56 Å². The quantitative estimate of drug-likeness (QED) is 0.739. The number of unbranched alkanes of at least 4 members (excludes halogenated alkanes) is 2. The third-order valence-corrected chi connectivity index (χ3v) is 4.10. The van der Waals surface area contributed by atoms with Crippen LogP contribution in [-0.2, 0) is 9.84 Å². The summed E-state index contributed by atoms with van der Waals surface area (Å²) in [7, 11) is -3.17. The molecular formula is C12H15NO2S. The summed E-state index contributed by atoms with van der Waals surface area (Å²) in [6.07, 6.45) is 1.61. The van der Waals surface area contributed by atoms with Gasteiger partial charge in [0, 0.05) is 6.42 Å². The van der Waals surface area contributed by atoms with Gasteiger partial charge in [0.1, 0.15) is 0 Å². The number of rotatable bonds is 5. The molecule has 0 saturated heterocycles. The average molecular weight is 237 g/mol. The summed E-state index contributed by atoms with van der Waals surface area (Å²) in [6, 6.07) is 8.92. The summed E-state index contributed by atoms with van der Waals surface area (Å²) in [5, 5.41) is 8.35. The maximum absolute atomic E-state index is 11.9. The van der Waals surface area contributed by atoms with Gasteiger partial charge in [-0.3, -0.25) is 0 Å². The van der Waals surface area contributed by atoms with Crippen molar-refractivity contribution in [3.05, 3.63) is 29.8 Å². The summed E-state index contributed by atoms with van der Waals surface area (Å²) in [6.45, 7) is 1.87. The van der Waals surface area contributed by atoms with Crippen LogP contribution in [0.4, 0.5) is 0 Å². The van der Waals surface area contributed by atoms with Gasteiger partial charge in [0.05, 0.1) is 16.7 Å². The van der Waals surface area contributed by atoms with Crippen molar-refractivity contribution in [3.8, 4) is 6.07 Å². The van der Waals surface area contributed by atoms with E-state index in [0.29, 0.717) is 24.2 Å². The highest BCUT2D eigenvalue weighted by atomic mass is 32.2. The Labute approximate surface area is 96.6 Å². The maximum Gasteiger partial charge on any atom is 0.178 e. The van der Waals surface area contributed by atoms with Crippen molar-refractivity contribution < 1.29 is 8.42 Å². The van der Waals surface area contributed by atoms with Gasteiger partial charge in [0.25, 0.3) is 0 Å². The second-order valence-corrected chi connectivity index (χ2v) is 5.86. The van der Waals surface area contributed by atoms with Crippen molar-refractivity contribution in [1.29, 1.82) is 5.26 Å². The zero-order valence-electron chi connectivity index (χ0n) is 9.31. The first kappa shape index (κ1) is 12.7. The Morgan fingerprint density at radius 2 is 2.06 bits per heavy atom. The minimum atomic E-state index is -3.17. The van der Waals surface area contributed by atoms with Crippen LogP contribution in [0.2, 0.25) is 0 Å². The van der Waals surface area contributed by atoms with E-state index in [2.05, 4.69) is 0 Å². The van der Waals surface area contributed by atoms with Gasteiger partial charge < -0.3 is 0 Å². The molecule has 4 heteroatoms. The van der Waals surface area contributed by atoms with E-state index in [1.54, 1.807) is 18.2 Å². The van der Waals surface area contributed by atoms with Crippen LogP contribution in [-0.4, -0.2) is 14.2 Å². The molecule has 1 aromatic carbocycles. The number of aryl methyl sites for hydroxylation is 1. The second kappa shape index (κ2) is 5.66. The largest absolute Gasteiger partial charge is 0.224 e. The molecule has 1 aromatic rings. The zero-order chi connectivity index (χ0) is 12.0. The third-order valence-electron chi connectivity index (χ3n) is 2.30. The Balaban J connectivity index is 2.68. The fraction of sp³-hybridized carbons (Fsp3) is 0.417. The highest BCUT2D eigenvalue weighted by molar-refractivity contribution is 7.91. The van der Waals surface area contributed by atoms with Crippen molar-refractivity contribution in [1.82, 2.24) is 0 Å². The van der Waals surface area contributed by atoms with Gasteiger partial charge in [-0.2, -0.15) is 5.26 Å². The Kier molecular flexibility index (Phi) is 4.51. The summed E-state index contributed by atoms with van der Waals surface area (Å²) in [5.41, 5.74) is 0.943. The molecule has 0 aliphatic heterocycles. The van der Waals surface area contributed by atoms with E-state index in [4.69, 9.17) is 5.26 Å². The Morgan fingerprint density at radius 1 is 1.31 bits per heavy atom. The van der Waals surface area contributed by atoms with Crippen molar-refractivity contribution in [2.75, 3.05) is 5.75 Å². The van der Waals surface area contributed by atoms with E-state index in [9.17, 15) is 8.42 Å². The van der Waals surface area contributed by atoms with Gasteiger partial charge in [-0.15, -0.1) is 0 Å². The van der Waals surface area contributed by atoms with Gasteiger partial charge >= 0.3 is 0 Å². The molecule has 0 fully saturated rings. The molecule has 0 radical (unpaired) electrons. The second-order valence-electron chi connectivity index (χ2n) is 3.75. The summed E-state index contributed by atoms with van der Waals surface area (Å²) in [5.74, 6) is 0.123. The van der Waals surface area contributed by atoms with Crippen LogP contribution in [0.25, 0.3) is 0 Å². The van der Waals surface area contributed by atoms with Crippen LogP contribution in [0.5, 0.6) is 0 Å². The van der Waals surface area contributed by atoms with Crippen LogP contribution in [0, 0.1) is 18.3 Å². The van der Waals surface area contributed by atoms with E-state index in [1.807, 2.05) is 19.1 Å². The first-order valence-electron chi connectivity index (χ1n) is 5.22. The molecule has 0 aliphatic carbocycles. The van der Waals surface area contributed by atoms with E-state index < -0.39 is 9.84 Å². The number of benzene rings is 1. The molecule has 0 bridgehead atoms. The van der Waals surface area contributed by atoms with Gasteiger partial charge in [-0.1, -0.05) is 12.1 Å². The molecule has 0 saturated carbocycles. The lowest BCUT2D eigenvalue weighted by Crippen LogP contribution is -2.06. The smallest absolute Gasteiger partial charge is 0.178 e. The molecule has 3 nitrogen and oxygen atoms in total. The van der Waals surface area contributed by atoms with Crippen molar-refractivity contribution >= 4 is 9.84 Å². The lowest BCUT2D eigenvalue weighted by Gasteiger charge is -2.04. The van der Waals surface area contributed by atoms with Gasteiger partial charge in [0.2, 0.25) is 0 Å². The van der Waals surface area contributed by atoms with E-state index >= 15 is 0 Å². The Bertz CT molecular complexity index is 486. The van der Waals surface area contributed by atoms with Gasteiger partial charge in [-0.05, 0) is 37.5 Å². The molecule has 0 atom stereocenters. The molecule has 0 unspecified atom stereocenters. The minimum absolute atomic E-state index is 0.123. The fourth-order valence-corrected chi connectivity index (χ4v) is 2.89. The normalized spacial score (nSPS) is 11.0. The Hall–Kier alpha value is -1.34. The monoisotopic (exact) mass is 237 g/mol. The lowest BCUT2D eigenvalue weighted by atomic mass is 10.2. The first-order chi connectivity index (χ1) is 7.56. The highest BCUT2D eigenvalue weighted by Crippen LogP contribution is 2.14. The molecular weight excluding hydrogens is 222 g/mol. The minimum Gasteiger partial charge on any atom is -0.224 e. The molecule has 0 aromatic heterocycles. The van der Waals surface area contributed by atoms with Crippen LogP contribution < -0.4 is 0 Å². The molecule has 16 heavy (non-hydrogen) atoms. The zero-order valence-corrected chi connectivity index (χ0v) is 10.1. The van der Waals surface area contributed by atoms with Crippen LogP contribution in [0.3, 0.4) is 0 Å². The van der Waals surface area contributed by atoms with E-state index in [1.165, 1.54) is 0 Å². The standard InChI is InChI=1S/C12H15NO2S/c1-11-6-5-7-12(10-11)16(14,15)9-4-2-3-8-13/h5-7,10H,2-4,9H2,1H3. The average Bonchev–Trinajstić information content (AvgIpc) is 2.24. The summed E-state index contributed by atoms with van der Waals surface area (Å²) < 4.78 is 23.7. The van der Waals surface area contributed by atoms with Crippen LogP contribution in [0.1, 0.15) is 24.8 Å². The maximum atomic E-state index is 11.9. The molecule has 0 spiro atoms. The molecule has 0 aliphatic rings. The molecule has 0 heterocycles. The fourth-order valence-electron chi connectivity index (χ4n) is 1.42. The first-order valence-corrected chi connectivity index (χ1v) is 6.88. The predicted molar refractivity (Wildman–Crippen MR) is 62.7 cm³/mol. The van der Waals surface area contributed by atoms with Crippen molar-refractivity contribution in [3.63, 3.8) is 0 Å². The van der Waals surface area contributed by atoms with Crippen molar-refractivity contribution in [2.45, 2.75) is 31.1 Å². The van der Waals surface area contributed by atoms with Crippen molar-refractivity contribution in [2.24, 2.45) is 0 Å². The third kappa shape index (κ3) is 3.67. The molecule has 0 N–H and O–H groups in total. The summed E-state index contributed by atoms with van der Waals surface area (Å²) >= 11 is 0. The lowest BCUT2D eigenvalue weighted by molar-refractivity contribution is 0.591. The number of sulfone groups is 1. The topological polar surface area (TPSA) is 57.9 Å². The summed E-state index contributed by atoms with van der Waals surface area (Å²) in [4.78, 5) is 0.379. The molecule has 86 valence electrons. The van der Waals surface area contributed by atoms with Gasteiger partial charge in [0.15, 0.2) is 9.84 Å². The number of hydrogen-bond donors (Lipinski definition) is 0.